The summed E-state index contributed by atoms with van der Waals surface area (Å²) in [6.07, 6.45) is 9.04. The molecule has 9 nitrogen and oxygen atoms in total. The number of rotatable bonds is 6. The molecule has 0 saturated carbocycles. The van der Waals surface area contributed by atoms with Gasteiger partial charge in [-0.2, -0.15) is 0 Å². The number of amides is 3. The molecule has 52 heavy (non-hydrogen) atoms. The summed E-state index contributed by atoms with van der Waals surface area (Å²) >= 11 is 1.19. The zero-order chi connectivity index (χ0) is 36.0. The molecule has 2 N–H and O–H groups in total. The average Bonchev–Trinajstić information content (AvgIpc) is 3.50. The summed E-state index contributed by atoms with van der Waals surface area (Å²) in [5.74, 6) is -3.55. The lowest BCUT2D eigenvalue weighted by atomic mass is 9.73. The van der Waals surface area contributed by atoms with E-state index >= 15 is 4.39 Å². The first-order chi connectivity index (χ1) is 25.2. The van der Waals surface area contributed by atoms with E-state index in [-0.39, 0.29) is 30.9 Å². The summed E-state index contributed by atoms with van der Waals surface area (Å²) in [4.78, 5) is 49.7. The van der Waals surface area contributed by atoms with Crippen molar-refractivity contribution in [1.29, 1.82) is 0 Å². The number of pyridine rings is 1. The van der Waals surface area contributed by atoms with E-state index in [1.165, 1.54) is 29.5 Å². The van der Waals surface area contributed by atoms with Gasteiger partial charge in [0.1, 0.15) is 29.0 Å². The van der Waals surface area contributed by atoms with Crippen LogP contribution >= 0.6 is 11.3 Å². The lowest BCUT2D eigenvalue weighted by Crippen LogP contribution is -2.59. The number of aromatic nitrogens is 1. The molecule has 5 heterocycles. The number of thiophene rings is 1. The number of anilines is 3. The summed E-state index contributed by atoms with van der Waals surface area (Å²) in [5.41, 5.74) is 2.37. The standard InChI is InChI=1S/C39H34F3N5O4S.2H2/c40-28-7-3-8-29(41)33(28)45-37(49)32-19-23-12-16-47(31-9-2-1-5-26(31)34(23)52-32)38(50)25-11-10-24(20-30(25)42)44-36(48)27-6-4-15-43-35(27)46-21-39(22-46)13-17-51-18-14-39;;/h2-4,6-11,15,19-20H,1,5,12-14,16-18,21-22H2,(H,44,48)(H,45,49);2*1H. The molecular formula is C39H38F3N5O4S. The smallest absolute Gasteiger partial charge is 0.265 e. The van der Waals surface area contributed by atoms with E-state index in [9.17, 15) is 23.2 Å². The number of para-hydroxylation sites is 1. The number of halogens is 3. The zero-order valence-corrected chi connectivity index (χ0v) is 28.8. The third kappa shape index (κ3) is 6.28. The first-order valence-electron chi connectivity index (χ1n) is 17.2. The van der Waals surface area contributed by atoms with Crippen LogP contribution in [0.3, 0.4) is 0 Å². The highest BCUT2D eigenvalue weighted by Crippen LogP contribution is 2.43. The molecule has 8 rings (SSSR count). The van der Waals surface area contributed by atoms with Crippen LogP contribution in [-0.4, -0.2) is 60.5 Å². The molecule has 3 aliphatic heterocycles. The fourth-order valence-corrected chi connectivity index (χ4v) is 8.63. The van der Waals surface area contributed by atoms with Crippen molar-refractivity contribution in [3.05, 3.63) is 123 Å². The molecule has 2 aromatic carbocycles. The van der Waals surface area contributed by atoms with Gasteiger partial charge in [-0.15, -0.1) is 11.3 Å². The Balaban J connectivity index is 0.00000249. The maximum absolute atomic E-state index is 15.7. The van der Waals surface area contributed by atoms with Crippen LogP contribution in [-0.2, 0) is 11.2 Å². The fraction of sp³-hybridized carbons (Fsp3) is 0.282. The van der Waals surface area contributed by atoms with Crippen LogP contribution in [0.2, 0.25) is 0 Å². The van der Waals surface area contributed by atoms with Gasteiger partial charge >= 0.3 is 0 Å². The Morgan fingerprint density at radius 3 is 2.44 bits per heavy atom. The van der Waals surface area contributed by atoms with E-state index in [1.54, 1.807) is 29.3 Å². The van der Waals surface area contributed by atoms with E-state index in [4.69, 9.17) is 4.74 Å². The van der Waals surface area contributed by atoms with Crippen molar-refractivity contribution in [3.63, 3.8) is 0 Å². The van der Waals surface area contributed by atoms with Crippen LogP contribution in [0.4, 0.5) is 30.4 Å². The number of ether oxygens (including phenoxy) is 1. The summed E-state index contributed by atoms with van der Waals surface area (Å²) in [6.45, 7) is 3.27. The van der Waals surface area contributed by atoms with Gasteiger partial charge in [0.05, 0.1) is 16.0 Å². The fourth-order valence-electron chi connectivity index (χ4n) is 7.44. The molecule has 2 saturated heterocycles. The van der Waals surface area contributed by atoms with Crippen LogP contribution < -0.4 is 15.5 Å². The molecular weight excluding hydrogens is 692 g/mol. The van der Waals surface area contributed by atoms with Crippen molar-refractivity contribution in [2.24, 2.45) is 5.41 Å². The third-order valence-electron chi connectivity index (χ3n) is 10.2. The van der Waals surface area contributed by atoms with Crippen molar-refractivity contribution in [1.82, 2.24) is 9.88 Å². The predicted molar refractivity (Wildman–Crippen MR) is 196 cm³/mol. The van der Waals surface area contributed by atoms with Crippen molar-refractivity contribution < 1.29 is 35.1 Å². The van der Waals surface area contributed by atoms with Gasteiger partial charge < -0.3 is 25.2 Å². The normalized spacial score (nSPS) is 17.6. The number of allylic oxidation sites excluding steroid dienone is 3. The number of nitrogens with one attached hydrogen (secondary N) is 2. The molecule has 0 atom stereocenters. The zero-order valence-electron chi connectivity index (χ0n) is 28.0. The molecule has 0 radical (unpaired) electrons. The van der Waals surface area contributed by atoms with E-state index in [1.807, 2.05) is 12.2 Å². The van der Waals surface area contributed by atoms with Gasteiger partial charge in [0.2, 0.25) is 0 Å². The quantitative estimate of drug-likeness (QED) is 0.209. The predicted octanol–water partition coefficient (Wildman–Crippen LogP) is 7.93. The summed E-state index contributed by atoms with van der Waals surface area (Å²) in [5, 5.41) is 5.12. The maximum Gasteiger partial charge on any atom is 0.265 e. The first kappa shape index (κ1) is 33.9. The molecule has 1 aliphatic carbocycles. The molecule has 2 fully saturated rings. The van der Waals surface area contributed by atoms with Gasteiger partial charge in [0, 0.05) is 63.6 Å². The van der Waals surface area contributed by atoms with Crippen LogP contribution in [0.15, 0.2) is 78.6 Å². The highest BCUT2D eigenvalue weighted by Gasteiger charge is 2.45. The summed E-state index contributed by atoms with van der Waals surface area (Å²) < 4.78 is 49.7. The van der Waals surface area contributed by atoms with Gasteiger partial charge in [0.15, 0.2) is 0 Å². The van der Waals surface area contributed by atoms with Crippen molar-refractivity contribution in [3.8, 4) is 0 Å². The summed E-state index contributed by atoms with van der Waals surface area (Å²) in [6, 6.07) is 12.5. The number of carbonyl (C=O) groups is 3. The Kier molecular flexibility index (Phi) is 8.92. The maximum atomic E-state index is 15.7. The Bertz CT molecular complexity index is 2160. The minimum Gasteiger partial charge on any atom is -0.381 e. The highest BCUT2D eigenvalue weighted by atomic mass is 32.1. The lowest BCUT2D eigenvalue weighted by Gasteiger charge is -2.53. The van der Waals surface area contributed by atoms with Crippen molar-refractivity contribution in [2.75, 3.05) is 48.4 Å². The SMILES string of the molecule is O=C(Nc1c(F)cccc1F)c1cc2c(s1)C1=C(C=CCC1)N(C(=O)c1ccc(NC(=O)c3cccnc3N3CC4(CCOCC4)C3)cc1F)CC2.[HH].[HH]. The molecule has 270 valence electrons. The number of benzene rings is 2. The molecule has 4 aromatic rings. The average molecular weight is 730 g/mol. The van der Waals surface area contributed by atoms with E-state index in [2.05, 4.69) is 20.5 Å². The van der Waals surface area contributed by atoms with Crippen LogP contribution in [0, 0.1) is 22.9 Å². The number of hydrogen-bond donors (Lipinski definition) is 2. The van der Waals surface area contributed by atoms with Crippen LogP contribution in [0.25, 0.3) is 5.57 Å². The number of carbonyl (C=O) groups excluding carboxylic acids is 3. The molecule has 0 unspecified atom stereocenters. The van der Waals surface area contributed by atoms with Gasteiger partial charge in [0.25, 0.3) is 17.7 Å². The molecule has 0 bridgehead atoms. The van der Waals surface area contributed by atoms with Crippen molar-refractivity contribution >= 4 is 51.8 Å². The van der Waals surface area contributed by atoms with Crippen molar-refractivity contribution in [2.45, 2.75) is 32.1 Å². The number of hydrogen-bond acceptors (Lipinski definition) is 7. The monoisotopic (exact) mass is 729 g/mol. The summed E-state index contributed by atoms with van der Waals surface area (Å²) in [7, 11) is 0. The van der Waals surface area contributed by atoms with Gasteiger partial charge in [-0.05, 0) is 97.8 Å². The Labute approximate surface area is 304 Å². The second-order valence-corrected chi connectivity index (χ2v) is 14.6. The van der Waals surface area contributed by atoms with Crippen LogP contribution in [0.5, 0.6) is 0 Å². The highest BCUT2D eigenvalue weighted by molar-refractivity contribution is 7.15. The minimum absolute atomic E-state index is 0. The van der Waals surface area contributed by atoms with E-state index in [0.717, 1.165) is 73.4 Å². The topological polar surface area (TPSA) is 104 Å². The Hall–Kier alpha value is -5.27. The van der Waals surface area contributed by atoms with E-state index in [0.29, 0.717) is 36.3 Å². The Morgan fingerprint density at radius 1 is 0.885 bits per heavy atom. The molecule has 13 heteroatoms. The lowest BCUT2D eigenvalue weighted by molar-refractivity contribution is -0.000511. The molecule has 2 aromatic heterocycles. The van der Waals surface area contributed by atoms with Gasteiger partial charge in [-0.25, -0.2) is 18.2 Å². The largest absolute Gasteiger partial charge is 0.381 e. The van der Waals surface area contributed by atoms with Gasteiger partial charge in [-0.1, -0.05) is 12.1 Å². The Morgan fingerprint density at radius 2 is 1.67 bits per heavy atom. The van der Waals surface area contributed by atoms with E-state index < -0.39 is 40.9 Å². The second kappa shape index (κ2) is 13.7. The van der Waals surface area contributed by atoms with Crippen LogP contribution in [0.1, 0.15) is 69.4 Å². The third-order valence-corrected chi connectivity index (χ3v) is 11.4. The second-order valence-electron chi connectivity index (χ2n) is 13.5. The minimum atomic E-state index is -0.876. The molecule has 3 amide bonds. The number of nitrogens with zero attached hydrogens (tertiary/aromatic N) is 3. The molecule has 1 spiro atoms. The van der Waals surface area contributed by atoms with Gasteiger partial charge in [-0.3, -0.25) is 14.4 Å². The number of fused-ring (bicyclic) bond motifs is 2. The first-order valence-corrected chi connectivity index (χ1v) is 18.0. The molecule has 4 aliphatic rings.